The minimum Gasteiger partial charge on any atom is -0.504 e. The molecule has 3 aromatic carbocycles. The molecule has 0 atom stereocenters. The minimum absolute atomic E-state index is 0. The number of imidazole rings is 1. The summed E-state index contributed by atoms with van der Waals surface area (Å²) in [7, 11) is 1.48. The van der Waals surface area contributed by atoms with Crippen LogP contribution in [-0.2, 0) is 11.3 Å². The SMILES string of the molecule is COc1cc(/C=C/C(=O)N(Cc2cccc(Cl)c2)c2ccc(-c3c[nH]cn3)cc2)ccc1O.Cl. The van der Waals surface area contributed by atoms with Crippen LogP contribution < -0.4 is 9.64 Å². The number of nitrogens with one attached hydrogen (secondary N) is 1. The monoisotopic (exact) mass is 495 g/mol. The highest BCUT2D eigenvalue weighted by atomic mass is 35.5. The van der Waals surface area contributed by atoms with Gasteiger partial charge >= 0.3 is 0 Å². The zero-order valence-corrected chi connectivity index (χ0v) is 19.9. The number of nitrogens with zero attached hydrogens (tertiary/aromatic N) is 2. The number of anilines is 1. The summed E-state index contributed by atoms with van der Waals surface area (Å²) in [4.78, 5) is 22.1. The van der Waals surface area contributed by atoms with Gasteiger partial charge in [0.25, 0.3) is 5.91 Å². The van der Waals surface area contributed by atoms with Gasteiger partial charge in [0.15, 0.2) is 11.5 Å². The first-order valence-electron chi connectivity index (χ1n) is 10.2. The van der Waals surface area contributed by atoms with Gasteiger partial charge in [0, 0.05) is 28.5 Å². The molecule has 0 unspecified atom stereocenters. The number of amides is 1. The van der Waals surface area contributed by atoms with Crippen LogP contribution in [0.25, 0.3) is 17.3 Å². The quantitative estimate of drug-likeness (QED) is 0.303. The Morgan fingerprint density at radius 1 is 1.15 bits per heavy atom. The third-order valence-electron chi connectivity index (χ3n) is 5.09. The molecule has 0 saturated heterocycles. The summed E-state index contributed by atoms with van der Waals surface area (Å²) in [5.41, 5.74) is 4.16. The first-order chi connectivity index (χ1) is 16.0. The average Bonchev–Trinajstić information content (AvgIpc) is 3.37. The molecule has 34 heavy (non-hydrogen) atoms. The second-order valence-electron chi connectivity index (χ2n) is 7.32. The Hall–Kier alpha value is -3.74. The molecule has 0 aliphatic heterocycles. The standard InChI is InChI=1S/C26H22ClN3O3.ClH/c1-33-25-14-18(5-11-24(25)31)6-12-26(32)30(16-19-3-2-4-21(27)13-19)22-9-7-20(8-10-22)23-15-28-17-29-23;/h2-15,17,31H,16H2,1H3,(H,28,29);1H/b12-6+;. The van der Waals surface area contributed by atoms with Crippen LogP contribution >= 0.6 is 24.0 Å². The molecule has 4 aromatic rings. The predicted octanol–water partition coefficient (Wildman–Crippen LogP) is 6.11. The van der Waals surface area contributed by atoms with E-state index in [-0.39, 0.29) is 24.1 Å². The summed E-state index contributed by atoms with van der Waals surface area (Å²) in [6.45, 7) is 0.352. The summed E-state index contributed by atoms with van der Waals surface area (Å²) < 4.78 is 5.14. The van der Waals surface area contributed by atoms with E-state index in [2.05, 4.69) is 9.97 Å². The summed E-state index contributed by atoms with van der Waals surface area (Å²) >= 11 is 6.15. The molecular formula is C26H23Cl2N3O3. The first-order valence-corrected chi connectivity index (χ1v) is 10.6. The van der Waals surface area contributed by atoms with Gasteiger partial charge in [-0.2, -0.15) is 0 Å². The maximum absolute atomic E-state index is 13.2. The lowest BCUT2D eigenvalue weighted by Crippen LogP contribution is -2.28. The smallest absolute Gasteiger partial charge is 0.251 e. The first kappa shape index (κ1) is 24.9. The number of H-pyrrole nitrogens is 1. The molecule has 0 aliphatic rings. The van der Waals surface area contributed by atoms with E-state index >= 15 is 0 Å². The number of rotatable bonds is 7. The van der Waals surface area contributed by atoms with Gasteiger partial charge in [0.05, 0.1) is 25.7 Å². The molecule has 0 bridgehead atoms. The Labute approximate surface area is 208 Å². The van der Waals surface area contributed by atoms with Crippen molar-refractivity contribution in [3.05, 3.63) is 101 Å². The van der Waals surface area contributed by atoms with Crippen LogP contribution in [0.1, 0.15) is 11.1 Å². The molecule has 0 saturated carbocycles. The maximum Gasteiger partial charge on any atom is 0.251 e. The highest BCUT2D eigenvalue weighted by Gasteiger charge is 2.15. The second kappa shape index (κ2) is 11.4. The van der Waals surface area contributed by atoms with Crippen LogP contribution in [0.2, 0.25) is 5.02 Å². The molecule has 1 aromatic heterocycles. The Morgan fingerprint density at radius 3 is 2.62 bits per heavy atom. The van der Waals surface area contributed by atoms with E-state index in [0.29, 0.717) is 17.3 Å². The number of phenolic OH excluding ortho intramolecular Hbond substituents is 1. The van der Waals surface area contributed by atoms with Crippen molar-refractivity contribution in [1.82, 2.24) is 9.97 Å². The normalized spacial score (nSPS) is 10.6. The number of phenols is 1. The molecule has 0 radical (unpaired) electrons. The largest absolute Gasteiger partial charge is 0.504 e. The fraction of sp³-hybridized carbons (Fsp3) is 0.0769. The zero-order chi connectivity index (χ0) is 23.2. The third-order valence-corrected chi connectivity index (χ3v) is 5.33. The average molecular weight is 496 g/mol. The molecule has 1 amide bonds. The Kier molecular flexibility index (Phi) is 8.35. The molecule has 0 spiro atoms. The number of aromatic nitrogens is 2. The molecule has 8 heteroatoms. The number of hydrogen-bond acceptors (Lipinski definition) is 4. The molecule has 6 nitrogen and oxygen atoms in total. The Bertz CT molecular complexity index is 1270. The number of halogens is 2. The highest BCUT2D eigenvalue weighted by molar-refractivity contribution is 6.30. The molecule has 2 N–H and O–H groups in total. The lowest BCUT2D eigenvalue weighted by molar-refractivity contribution is -0.114. The van der Waals surface area contributed by atoms with Gasteiger partial charge < -0.3 is 19.7 Å². The van der Waals surface area contributed by atoms with E-state index in [1.165, 1.54) is 19.3 Å². The van der Waals surface area contributed by atoms with Crippen molar-refractivity contribution in [2.45, 2.75) is 6.54 Å². The predicted molar refractivity (Wildman–Crippen MR) is 138 cm³/mol. The third kappa shape index (κ3) is 5.98. The lowest BCUT2D eigenvalue weighted by atomic mass is 10.1. The van der Waals surface area contributed by atoms with Gasteiger partial charge in [-0.3, -0.25) is 4.79 Å². The number of hydrogen-bond donors (Lipinski definition) is 2. The molecule has 174 valence electrons. The number of methoxy groups -OCH3 is 1. The zero-order valence-electron chi connectivity index (χ0n) is 18.3. The number of ether oxygens (including phenoxy) is 1. The fourth-order valence-electron chi connectivity index (χ4n) is 3.40. The van der Waals surface area contributed by atoms with Crippen molar-refractivity contribution < 1.29 is 14.6 Å². The van der Waals surface area contributed by atoms with Gasteiger partial charge in [-0.1, -0.05) is 41.9 Å². The summed E-state index contributed by atoms with van der Waals surface area (Å²) in [6, 6.07) is 20.0. The van der Waals surface area contributed by atoms with Gasteiger partial charge in [-0.05, 0) is 53.6 Å². The van der Waals surface area contributed by atoms with Crippen molar-refractivity contribution in [2.75, 3.05) is 12.0 Å². The van der Waals surface area contributed by atoms with Crippen molar-refractivity contribution >= 4 is 41.7 Å². The van der Waals surface area contributed by atoms with E-state index < -0.39 is 0 Å². The number of aromatic amines is 1. The van der Waals surface area contributed by atoms with Crippen molar-refractivity contribution in [3.8, 4) is 22.8 Å². The van der Waals surface area contributed by atoms with E-state index in [1.54, 1.807) is 35.5 Å². The van der Waals surface area contributed by atoms with E-state index in [4.69, 9.17) is 16.3 Å². The van der Waals surface area contributed by atoms with Crippen molar-refractivity contribution in [2.24, 2.45) is 0 Å². The molecular weight excluding hydrogens is 473 g/mol. The summed E-state index contributed by atoms with van der Waals surface area (Å²) in [6.07, 6.45) is 6.63. The molecule has 1 heterocycles. The second-order valence-corrected chi connectivity index (χ2v) is 7.76. The summed E-state index contributed by atoms with van der Waals surface area (Å²) in [5, 5.41) is 10.4. The van der Waals surface area contributed by atoms with E-state index in [1.807, 2.05) is 48.7 Å². The van der Waals surface area contributed by atoms with Crippen LogP contribution in [0.4, 0.5) is 5.69 Å². The number of carbonyl (C=O) groups is 1. The van der Waals surface area contributed by atoms with Gasteiger partial charge in [-0.15, -0.1) is 12.4 Å². The molecule has 0 fully saturated rings. The highest BCUT2D eigenvalue weighted by Crippen LogP contribution is 2.27. The van der Waals surface area contributed by atoms with Crippen LogP contribution in [0.3, 0.4) is 0 Å². The lowest BCUT2D eigenvalue weighted by Gasteiger charge is -2.22. The minimum atomic E-state index is -0.200. The number of carbonyl (C=O) groups excluding carboxylic acids is 1. The molecule has 4 rings (SSSR count). The van der Waals surface area contributed by atoms with Crippen molar-refractivity contribution in [3.63, 3.8) is 0 Å². The maximum atomic E-state index is 13.2. The van der Waals surface area contributed by atoms with Crippen LogP contribution in [0.15, 0.2) is 85.3 Å². The Balaban J connectivity index is 0.00000324. The fourth-order valence-corrected chi connectivity index (χ4v) is 3.61. The number of benzene rings is 3. The van der Waals surface area contributed by atoms with Crippen LogP contribution in [0, 0.1) is 0 Å². The van der Waals surface area contributed by atoms with Crippen LogP contribution in [0.5, 0.6) is 11.5 Å². The van der Waals surface area contributed by atoms with Crippen molar-refractivity contribution in [1.29, 1.82) is 0 Å². The van der Waals surface area contributed by atoms with Gasteiger partial charge in [-0.25, -0.2) is 4.98 Å². The van der Waals surface area contributed by atoms with Gasteiger partial charge in [0.1, 0.15) is 0 Å². The van der Waals surface area contributed by atoms with Crippen LogP contribution in [-0.4, -0.2) is 28.1 Å². The number of aromatic hydroxyl groups is 1. The molecule has 0 aliphatic carbocycles. The Morgan fingerprint density at radius 2 is 1.94 bits per heavy atom. The van der Waals surface area contributed by atoms with E-state index in [9.17, 15) is 9.90 Å². The topological polar surface area (TPSA) is 78.5 Å². The summed E-state index contributed by atoms with van der Waals surface area (Å²) in [5.74, 6) is 0.185. The van der Waals surface area contributed by atoms with E-state index in [0.717, 1.165) is 28.1 Å². The van der Waals surface area contributed by atoms with Gasteiger partial charge in [0.2, 0.25) is 0 Å².